The van der Waals surface area contributed by atoms with E-state index in [0.29, 0.717) is 55.6 Å². The molecule has 5 rings (SSSR count). The first-order valence-electron chi connectivity index (χ1n) is 11.2. The number of benzene rings is 3. The van der Waals surface area contributed by atoms with Crippen LogP contribution in [-0.4, -0.2) is 38.8 Å². The van der Waals surface area contributed by atoms with E-state index in [1.807, 2.05) is 42.5 Å². The average Bonchev–Trinajstić information content (AvgIpc) is 2.87. The van der Waals surface area contributed by atoms with Crippen LogP contribution >= 0.6 is 0 Å². The summed E-state index contributed by atoms with van der Waals surface area (Å²) in [5.74, 6) is 1.39. The van der Waals surface area contributed by atoms with Gasteiger partial charge in [-0.15, -0.1) is 0 Å². The lowest BCUT2D eigenvalue weighted by Crippen LogP contribution is -2.33. The van der Waals surface area contributed by atoms with Crippen LogP contribution < -0.4 is 19.1 Å². The Balaban J connectivity index is 1.52. The monoisotopic (exact) mass is 459 g/mol. The Morgan fingerprint density at radius 1 is 0.882 bits per heavy atom. The molecule has 0 fully saturated rings. The predicted molar refractivity (Wildman–Crippen MR) is 126 cm³/mol. The molecule has 3 aromatic carbocycles. The number of ether oxygens (including phenoxy) is 4. The molecule has 0 aromatic heterocycles. The first kappa shape index (κ1) is 21.8. The van der Waals surface area contributed by atoms with Crippen molar-refractivity contribution in [3.63, 3.8) is 0 Å². The number of fused-ring (bicyclic) bond motifs is 3. The van der Waals surface area contributed by atoms with E-state index in [2.05, 4.69) is 0 Å². The maximum Gasteiger partial charge on any atom is 0.337 e. The van der Waals surface area contributed by atoms with Crippen molar-refractivity contribution in [3.8, 4) is 17.2 Å². The molecule has 174 valence electrons. The number of para-hydroxylation sites is 1. The standard InChI is InChI=1S/C27H25NO6/c1-31-27(30)20-7-4-5-18(13-20)17-28-22-8-3-2-6-19(22)9-10-32-23-16-25-24(33-11-12-34-25)14-21(23)15-26(28)29/h2-8,13-14,16H,9-12,15,17H2,1H3. The van der Waals surface area contributed by atoms with Gasteiger partial charge < -0.3 is 23.8 Å². The summed E-state index contributed by atoms with van der Waals surface area (Å²) in [5.41, 5.74) is 3.88. The zero-order valence-electron chi connectivity index (χ0n) is 18.9. The van der Waals surface area contributed by atoms with Gasteiger partial charge in [-0.25, -0.2) is 4.79 Å². The molecule has 3 aromatic rings. The molecule has 2 aliphatic heterocycles. The lowest BCUT2D eigenvalue weighted by Gasteiger charge is -2.28. The summed E-state index contributed by atoms with van der Waals surface area (Å²) in [7, 11) is 1.35. The molecule has 0 N–H and O–H groups in total. The second kappa shape index (κ2) is 9.47. The topological polar surface area (TPSA) is 74.3 Å². The molecule has 0 saturated heterocycles. The third-order valence-electron chi connectivity index (χ3n) is 5.97. The van der Waals surface area contributed by atoms with Gasteiger partial charge in [-0.2, -0.15) is 0 Å². The molecular weight excluding hydrogens is 434 g/mol. The number of hydrogen-bond donors (Lipinski definition) is 0. The number of methoxy groups -OCH3 is 1. The summed E-state index contributed by atoms with van der Waals surface area (Å²) < 4.78 is 22.4. The van der Waals surface area contributed by atoms with Gasteiger partial charge >= 0.3 is 5.97 Å². The molecule has 0 saturated carbocycles. The molecule has 0 aliphatic carbocycles. The number of rotatable bonds is 3. The highest BCUT2D eigenvalue weighted by Gasteiger charge is 2.25. The Labute approximate surface area is 197 Å². The van der Waals surface area contributed by atoms with Gasteiger partial charge in [-0.05, 0) is 35.4 Å². The van der Waals surface area contributed by atoms with Gasteiger partial charge in [-0.3, -0.25) is 4.79 Å². The van der Waals surface area contributed by atoms with Gasteiger partial charge in [0.2, 0.25) is 5.91 Å². The minimum absolute atomic E-state index is 0.0839. The zero-order chi connectivity index (χ0) is 23.5. The van der Waals surface area contributed by atoms with Crippen LogP contribution in [0.1, 0.15) is 27.0 Å². The molecule has 34 heavy (non-hydrogen) atoms. The maximum absolute atomic E-state index is 13.7. The molecule has 0 spiro atoms. The van der Waals surface area contributed by atoms with Gasteiger partial charge in [0.25, 0.3) is 0 Å². The summed E-state index contributed by atoms with van der Waals surface area (Å²) in [5, 5.41) is 0. The molecule has 0 bridgehead atoms. The van der Waals surface area contributed by atoms with E-state index in [-0.39, 0.29) is 12.3 Å². The number of amides is 1. The molecule has 7 heteroatoms. The van der Waals surface area contributed by atoms with Crippen molar-refractivity contribution >= 4 is 17.6 Å². The van der Waals surface area contributed by atoms with Crippen molar-refractivity contribution in [3.05, 3.63) is 82.9 Å². The Bertz CT molecular complexity index is 1240. The highest BCUT2D eigenvalue weighted by atomic mass is 16.6. The zero-order valence-corrected chi connectivity index (χ0v) is 18.9. The van der Waals surface area contributed by atoms with Crippen molar-refractivity contribution in [2.24, 2.45) is 0 Å². The summed E-state index contributed by atoms with van der Waals surface area (Å²) >= 11 is 0. The van der Waals surface area contributed by atoms with E-state index < -0.39 is 5.97 Å². The number of carbonyl (C=O) groups excluding carboxylic acids is 2. The van der Waals surface area contributed by atoms with Crippen molar-refractivity contribution < 1.29 is 28.5 Å². The number of nitrogens with zero attached hydrogens (tertiary/aromatic N) is 1. The van der Waals surface area contributed by atoms with Gasteiger partial charge in [-0.1, -0.05) is 30.3 Å². The first-order valence-corrected chi connectivity index (χ1v) is 11.2. The third kappa shape index (κ3) is 4.41. The summed E-state index contributed by atoms with van der Waals surface area (Å²) in [6.45, 7) is 1.73. The summed E-state index contributed by atoms with van der Waals surface area (Å²) in [6, 6.07) is 18.7. The fourth-order valence-electron chi connectivity index (χ4n) is 4.30. The van der Waals surface area contributed by atoms with Crippen LogP contribution in [0.5, 0.6) is 17.2 Å². The Morgan fingerprint density at radius 3 is 2.47 bits per heavy atom. The van der Waals surface area contributed by atoms with Gasteiger partial charge in [0, 0.05) is 23.7 Å². The van der Waals surface area contributed by atoms with Crippen LogP contribution in [-0.2, 0) is 28.9 Å². The largest absolute Gasteiger partial charge is 0.493 e. The Morgan fingerprint density at radius 2 is 1.65 bits per heavy atom. The molecule has 2 heterocycles. The first-order chi connectivity index (χ1) is 16.6. The Kier molecular flexibility index (Phi) is 6.08. The van der Waals surface area contributed by atoms with Gasteiger partial charge in [0.05, 0.1) is 32.2 Å². The molecular formula is C27H25NO6. The van der Waals surface area contributed by atoms with Crippen molar-refractivity contribution in [1.29, 1.82) is 0 Å². The molecule has 0 radical (unpaired) electrons. The highest BCUT2D eigenvalue weighted by molar-refractivity contribution is 5.96. The van der Waals surface area contributed by atoms with Crippen LogP contribution in [0, 0.1) is 0 Å². The van der Waals surface area contributed by atoms with Crippen LogP contribution in [0.25, 0.3) is 0 Å². The van der Waals surface area contributed by atoms with Crippen LogP contribution in [0.3, 0.4) is 0 Å². The minimum Gasteiger partial charge on any atom is -0.493 e. The van der Waals surface area contributed by atoms with E-state index >= 15 is 0 Å². The molecule has 7 nitrogen and oxygen atoms in total. The number of hydrogen-bond acceptors (Lipinski definition) is 6. The number of anilines is 1. The van der Waals surface area contributed by atoms with Crippen LogP contribution in [0.4, 0.5) is 5.69 Å². The van der Waals surface area contributed by atoms with Crippen LogP contribution in [0.15, 0.2) is 60.7 Å². The highest BCUT2D eigenvalue weighted by Crippen LogP contribution is 2.38. The second-order valence-electron chi connectivity index (χ2n) is 8.18. The molecule has 1 amide bonds. The minimum atomic E-state index is -0.410. The van der Waals surface area contributed by atoms with Crippen LogP contribution in [0.2, 0.25) is 0 Å². The third-order valence-corrected chi connectivity index (χ3v) is 5.97. The fraction of sp³-hybridized carbons (Fsp3) is 0.259. The predicted octanol–water partition coefficient (Wildman–Crippen LogP) is 3.96. The SMILES string of the molecule is COC(=O)c1cccc(CN2C(=O)Cc3cc4c(cc3OCCc3ccccc32)OCCO4)c1. The summed E-state index contributed by atoms with van der Waals surface area (Å²) in [6.07, 6.45) is 0.771. The van der Waals surface area contributed by atoms with Crippen molar-refractivity contribution in [2.45, 2.75) is 19.4 Å². The van der Waals surface area contributed by atoms with Crippen molar-refractivity contribution in [2.75, 3.05) is 31.8 Å². The molecule has 0 unspecified atom stereocenters. The van der Waals surface area contributed by atoms with Gasteiger partial charge in [0.1, 0.15) is 19.0 Å². The second-order valence-corrected chi connectivity index (χ2v) is 8.18. The quantitative estimate of drug-likeness (QED) is 0.552. The Hall–Kier alpha value is -4.00. The normalized spacial score (nSPS) is 15.0. The average molecular weight is 459 g/mol. The van der Waals surface area contributed by atoms with Gasteiger partial charge in [0.15, 0.2) is 11.5 Å². The molecule has 0 atom stereocenters. The molecule has 2 aliphatic rings. The van der Waals surface area contributed by atoms with E-state index in [0.717, 1.165) is 22.4 Å². The lowest BCUT2D eigenvalue weighted by molar-refractivity contribution is -0.118. The fourth-order valence-corrected chi connectivity index (χ4v) is 4.30. The lowest BCUT2D eigenvalue weighted by atomic mass is 10.0. The summed E-state index contributed by atoms with van der Waals surface area (Å²) in [4.78, 5) is 27.5. The van der Waals surface area contributed by atoms with E-state index in [9.17, 15) is 9.59 Å². The number of esters is 1. The van der Waals surface area contributed by atoms with E-state index in [4.69, 9.17) is 18.9 Å². The van der Waals surface area contributed by atoms with Crippen molar-refractivity contribution in [1.82, 2.24) is 0 Å². The number of carbonyl (C=O) groups is 2. The van der Waals surface area contributed by atoms with E-state index in [1.54, 1.807) is 23.1 Å². The smallest absolute Gasteiger partial charge is 0.337 e. The maximum atomic E-state index is 13.7. The van der Waals surface area contributed by atoms with E-state index in [1.165, 1.54) is 7.11 Å².